The summed E-state index contributed by atoms with van der Waals surface area (Å²) in [5, 5.41) is 20.5. The van der Waals surface area contributed by atoms with E-state index in [4.69, 9.17) is 25.8 Å². The van der Waals surface area contributed by atoms with Crippen molar-refractivity contribution in [3.05, 3.63) is 35.7 Å². The summed E-state index contributed by atoms with van der Waals surface area (Å²) in [5.74, 6) is -2.11. The zero-order valence-corrected chi connectivity index (χ0v) is 21.7. The minimum absolute atomic E-state index is 0.0898. The highest BCUT2D eigenvalue weighted by atomic mass is 35.5. The van der Waals surface area contributed by atoms with E-state index >= 15 is 0 Å². The summed E-state index contributed by atoms with van der Waals surface area (Å²) < 4.78 is 17.2. The van der Waals surface area contributed by atoms with Crippen molar-refractivity contribution in [1.29, 1.82) is 0 Å². The summed E-state index contributed by atoms with van der Waals surface area (Å²) in [5.41, 5.74) is 0.179. The van der Waals surface area contributed by atoms with E-state index < -0.39 is 46.8 Å². The van der Waals surface area contributed by atoms with Crippen LogP contribution >= 0.6 is 11.6 Å². The summed E-state index contributed by atoms with van der Waals surface area (Å²) >= 11 is 6.56. The van der Waals surface area contributed by atoms with Crippen molar-refractivity contribution in [3.63, 3.8) is 0 Å². The Morgan fingerprint density at radius 2 is 1.94 bits per heavy atom. The molecule has 8 nitrogen and oxygen atoms in total. The van der Waals surface area contributed by atoms with Crippen molar-refractivity contribution in [2.45, 2.75) is 76.9 Å². The molecule has 0 spiro atoms. The molecular formula is C26H36ClNO7. The van der Waals surface area contributed by atoms with Gasteiger partial charge in [0.2, 0.25) is 0 Å². The second-order valence-corrected chi connectivity index (χ2v) is 11.0. The lowest BCUT2D eigenvalue weighted by molar-refractivity contribution is -0.154. The predicted molar refractivity (Wildman–Crippen MR) is 130 cm³/mol. The van der Waals surface area contributed by atoms with Crippen LogP contribution in [0.3, 0.4) is 0 Å². The van der Waals surface area contributed by atoms with Crippen molar-refractivity contribution in [2.24, 2.45) is 17.3 Å². The first-order valence-corrected chi connectivity index (χ1v) is 12.4. The fourth-order valence-electron chi connectivity index (χ4n) is 4.36. The largest absolute Gasteiger partial charge is 0.458 e. The summed E-state index contributed by atoms with van der Waals surface area (Å²) in [4.78, 5) is 30.3. The van der Waals surface area contributed by atoms with Crippen LogP contribution in [0.25, 0.3) is 6.08 Å². The molecule has 35 heavy (non-hydrogen) atoms. The van der Waals surface area contributed by atoms with Crippen LogP contribution in [0.2, 0.25) is 0 Å². The molecule has 2 unspecified atom stereocenters. The highest BCUT2D eigenvalue weighted by Gasteiger charge is 2.56. The third-order valence-corrected chi connectivity index (χ3v) is 7.49. The molecular weight excluding hydrogens is 474 g/mol. The molecule has 3 heterocycles. The van der Waals surface area contributed by atoms with Gasteiger partial charge < -0.3 is 24.4 Å². The first-order chi connectivity index (χ1) is 16.3. The molecule has 0 radical (unpaired) electrons. The Morgan fingerprint density at radius 3 is 2.60 bits per heavy atom. The molecule has 2 aliphatic heterocycles. The maximum Gasteiger partial charge on any atom is 0.309 e. The van der Waals surface area contributed by atoms with Gasteiger partial charge in [0.15, 0.2) is 5.06 Å². The Kier molecular flexibility index (Phi) is 8.76. The van der Waals surface area contributed by atoms with Crippen LogP contribution in [0.1, 0.15) is 53.2 Å². The number of Topliss-reactive ketones (excluding diaryl/α,β-unsaturated/α-hetero) is 1. The number of rotatable bonds is 2. The molecule has 0 bridgehead atoms. The number of epoxide rings is 1. The Hall–Kier alpha value is -1.84. The Balaban J connectivity index is 1.86. The van der Waals surface area contributed by atoms with Crippen molar-refractivity contribution in [2.75, 3.05) is 13.2 Å². The minimum atomic E-state index is -1.29. The van der Waals surface area contributed by atoms with E-state index in [1.165, 1.54) is 0 Å². The molecule has 0 aromatic carbocycles. The normalized spacial score (nSPS) is 37.3. The van der Waals surface area contributed by atoms with Crippen LogP contribution in [0.4, 0.5) is 0 Å². The number of nitrogens with zero attached hydrogens (tertiary/aromatic N) is 1. The lowest BCUT2D eigenvalue weighted by Crippen LogP contribution is -2.46. The predicted octanol–water partition coefficient (Wildman–Crippen LogP) is 3.13. The molecule has 9 heteroatoms. The number of ether oxygens (including phenoxy) is 3. The number of cyclic esters (lactones) is 1. The Labute approximate surface area is 211 Å². The molecule has 2 N–H and O–H groups in total. The monoisotopic (exact) mass is 509 g/mol. The van der Waals surface area contributed by atoms with Crippen LogP contribution in [0.15, 0.2) is 30.0 Å². The molecule has 0 amide bonds. The fraction of sp³-hybridized carbons (Fsp3) is 0.654. The van der Waals surface area contributed by atoms with E-state index in [-0.39, 0.29) is 31.3 Å². The molecule has 2 aliphatic rings. The Bertz CT molecular complexity index is 937. The lowest BCUT2D eigenvalue weighted by atomic mass is 9.73. The fourth-order valence-corrected chi connectivity index (χ4v) is 4.64. The number of carbonyl (C=O) groups excluding carboxylic acids is 2. The number of hydrogen-bond acceptors (Lipinski definition) is 8. The number of fused-ring (bicyclic) bond motifs is 1. The first-order valence-electron chi connectivity index (χ1n) is 12.0. The average Bonchev–Trinajstić information content (AvgIpc) is 3.45. The number of esters is 1. The number of aliphatic hydroxyl groups excluding tert-OH is 2. The number of carbonyl (C=O) groups is 2. The highest BCUT2D eigenvalue weighted by molar-refractivity contribution is 6.25. The Morgan fingerprint density at radius 1 is 1.23 bits per heavy atom. The third kappa shape index (κ3) is 6.68. The summed E-state index contributed by atoms with van der Waals surface area (Å²) in [6, 6.07) is 5.50. The van der Waals surface area contributed by atoms with Gasteiger partial charge in [0, 0.05) is 24.5 Å². The van der Waals surface area contributed by atoms with Gasteiger partial charge in [0.1, 0.15) is 18.0 Å². The standard InChI is InChI=1S/C26H36ClNO7/c1-15(10-18-8-6-7-9-28-18)19-11-21-26(27,35-21)14-33-13-16(2)23(31)17(3)24(32)25(4,5)20(29)12-22(30)34-19/h6-10,16-17,19-21,23,29,31H,11-14H2,1-5H3/b15-10+/t16-,17+,19-,20-,21?,23-,26?/m0/s1. The summed E-state index contributed by atoms with van der Waals surface area (Å²) in [6.45, 7) is 8.65. The number of halogens is 1. The number of aliphatic hydroxyl groups is 2. The van der Waals surface area contributed by atoms with Gasteiger partial charge in [-0.3, -0.25) is 14.6 Å². The van der Waals surface area contributed by atoms with Gasteiger partial charge in [-0.05, 0) is 30.7 Å². The summed E-state index contributed by atoms with van der Waals surface area (Å²) in [6.07, 6.45) is 0.0507. The van der Waals surface area contributed by atoms with Crippen molar-refractivity contribution in [3.8, 4) is 0 Å². The van der Waals surface area contributed by atoms with E-state index in [0.29, 0.717) is 12.1 Å². The SMILES string of the molecule is C/C(=C\c1ccccn1)[C@@H]1CC2OC2(Cl)COC[C@H](C)[C@H](O)[C@@H](C)C(=O)C(C)(C)[C@@H](O)CC(=O)O1. The number of ketones is 1. The van der Waals surface area contributed by atoms with Crippen LogP contribution in [0, 0.1) is 17.3 Å². The number of aromatic nitrogens is 1. The summed E-state index contributed by atoms with van der Waals surface area (Å²) in [7, 11) is 0. The minimum Gasteiger partial charge on any atom is -0.458 e. The molecule has 0 aliphatic carbocycles. The number of alkyl halides is 1. The van der Waals surface area contributed by atoms with Gasteiger partial charge in [0.05, 0.1) is 43.0 Å². The van der Waals surface area contributed by atoms with Gasteiger partial charge in [0.25, 0.3) is 0 Å². The quantitative estimate of drug-likeness (QED) is 0.354. The smallest absolute Gasteiger partial charge is 0.309 e. The lowest BCUT2D eigenvalue weighted by Gasteiger charge is -2.34. The van der Waals surface area contributed by atoms with Crippen molar-refractivity contribution >= 4 is 29.4 Å². The van der Waals surface area contributed by atoms with Gasteiger partial charge in [-0.2, -0.15) is 0 Å². The molecule has 1 aromatic rings. The molecule has 2 saturated heterocycles. The third-order valence-electron chi connectivity index (χ3n) is 7.05. The molecule has 3 rings (SSSR count). The van der Waals surface area contributed by atoms with E-state index in [9.17, 15) is 19.8 Å². The van der Waals surface area contributed by atoms with Gasteiger partial charge >= 0.3 is 5.97 Å². The molecule has 0 saturated carbocycles. The van der Waals surface area contributed by atoms with Crippen LogP contribution in [-0.4, -0.2) is 69.6 Å². The molecule has 2 fully saturated rings. The molecule has 7 atom stereocenters. The van der Waals surface area contributed by atoms with Gasteiger partial charge in [-0.25, -0.2) is 0 Å². The van der Waals surface area contributed by atoms with Crippen LogP contribution < -0.4 is 0 Å². The highest BCUT2D eigenvalue weighted by Crippen LogP contribution is 2.45. The van der Waals surface area contributed by atoms with Gasteiger partial charge in [-0.1, -0.05) is 45.4 Å². The van der Waals surface area contributed by atoms with Crippen molar-refractivity contribution in [1.82, 2.24) is 4.98 Å². The zero-order valence-electron chi connectivity index (χ0n) is 20.9. The number of pyridine rings is 1. The van der Waals surface area contributed by atoms with Crippen LogP contribution in [-0.2, 0) is 23.8 Å². The second-order valence-electron chi connectivity index (χ2n) is 10.3. The first kappa shape index (κ1) is 27.7. The molecule has 194 valence electrons. The molecule has 1 aromatic heterocycles. The van der Waals surface area contributed by atoms with E-state index in [1.807, 2.05) is 31.2 Å². The average molecular weight is 510 g/mol. The second kappa shape index (κ2) is 11.0. The zero-order chi connectivity index (χ0) is 26.0. The maximum atomic E-state index is 13.1. The van der Waals surface area contributed by atoms with Crippen molar-refractivity contribution < 1.29 is 34.0 Å². The number of hydrogen-bond donors (Lipinski definition) is 2. The van der Waals surface area contributed by atoms with E-state index in [0.717, 1.165) is 5.57 Å². The van der Waals surface area contributed by atoms with Gasteiger partial charge in [-0.15, -0.1) is 0 Å². The van der Waals surface area contributed by atoms with E-state index in [1.54, 1.807) is 33.9 Å². The maximum absolute atomic E-state index is 13.1. The van der Waals surface area contributed by atoms with E-state index in [2.05, 4.69) is 4.98 Å². The van der Waals surface area contributed by atoms with Crippen LogP contribution in [0.5, 0.6) is 0 Å². The topological polar surface area (TPSA) is 118 Å².